The van der Waals surface area contributed by atoms with Crippen molar-refractivity contribution in [2.24, 2.45) is 0 Å². The summed E-state index contributed by atoms with van der Waals surface area (Å²) in [5.74, 6) is 0.754. The number of rotatable bonds is 7. The predicted octanol–water partition coefficient (Wildman–Crippen LogP) is 14.1. The quantitative estimate of drug-likeness (QED) is 0.161. The average Bonchev–Trinajstić information content (AvgIpc) is 3.62. The van der Waals surface area contributed by atoms with Gasteiger partial charge in [0.1, 0.15) is 0 Å². The summed E-state index contributed by atoms with van der Waals surface area (Å²) in [6.45, 7) is 8.82. The van der Waals surface area contributed by atoms with Gasteiger partial charge in [-0.25, -0.2) is 9.97 Å². The number of allylic oxidation sites excluding steroid dienone is 4. The van der Waals surface area contributed by atoms with Crippen LogP contribution in [0.25, 0.3) is 62.0 Å². The molecule has 0 saturated carbocycles. The minimum atomic E-state index is -0.547. The molecule has 0 saturated heterocycles. The van der Waals surface area contributed by atoms with Gasteiger partial charge < -0.3 is 0 Å². The summed E-state index contributed by atoms with van der Waals surface area (Å²) in [6, 6.07) is 56.9. The maximum absolute atomic E-state index is 5.15. The average molecular weight is 786 g/mol. The van der Waals surface area contributed by atoms with E-state index in [2.05, 4.69) is 170 Å². The lowest BCUT2D eigenvalue weighted by molar-refractivity contribution is 0.722. The van der Waals surface area contributed by atoms with E-state index >= 15 is 0 Å². The Morgan fingerprint density at radius 2 is 1.20 bits per heavy atom. The Balaban J connectivity index is 1.10. The molecule has 1 spiro atoms. The minimum Gasteiger partial charge on any atom is -0.256 e. The minimum absolute atomic E-state index is 0.547. The summed E-state index contributed by atoms with van der Waals surface area (Å²) in [6.07, 6.45) is 12.3. The topological polar surface area (TPSA) is 38.7 Å². The number of benzene rings is 6. The zero-order valence-electron chi connectivity index (χ0n) is 33.0. The third kappa shape index (κ3) is 5.63. The molecule has 3 heterocycles. The van der Waals surface area contributed by atoms with Crippen LogP contribution in [0.4, 0.5) is 0 Å². The third-order valence-corrected chi connectivity index (χ3v) is 13.5. The van der Waals surface area contributed by atoms with Crippen LogP contribution in [0.2, 0.25) is 0 Å². The summed E-state index contributed by atoms with van der Waals surface area (Å²) >= 11 is 1.85. The van der Waals surface area contributed by atoms with Crippen LogP contribution >= 0.6 is 11.8 Å². The monoisotopic (exact) mass is 785 g/mol. The summed E-state index contributed by atoms with van der Waals surface area (Å²) in [5, 5.41) is 0. The lowest BCUT2D eigenvalue weighted by Crippen LogP contribution is -2.32. The summed E-state index contributed by atoms with van der Waals surface area (Å²) in [7, 11) is 0. The second kappa shape index (κ2) is 14.6. The molecule has 3 aliphatic rings. The van der Waals surface area contributed by atoms with E-state index in [1.165, 1.54) is 48.7 Å². The van der Waals surface area contributed by atoms with Crippen molar-refractivity contribution in [1.82, 2.24) is 15.0 Å². The fourth-order valence-corrected chi connectivity index (χ4v) is 10.9. The Bertz CT molecular complexity index is 3060. The first-order valence-electron chi connectivity index (χ1n) is 20.5. The van der Waals surface area contributed by atoms with Crippen molar-refractivity contribution < 1.29 is 0 Å². The molecule has 3 nitrogen and oxygen atoms in total. The third-order valence-electron chi connectivity index (χ3n) is 12.2. The van der Waals surface area contributed by atoms with Crippen LogP contribution in [-0.4, -0.2) is 15.0 Å². The van der Waals surface area contributed by atoms with Crippen molar-refractivity contribution in [3.63, 3.8) is 0 Å². The molecule has 0 radical (unpaired) electrons. The Morgan fingerprint density at radius 3 is 1.90 bits per heavy atom. The van der Waals surface area contributed by atoms with Crippen LogP contribution in [0, 0.1) is 0 Å². The summed E-state index contributed by atoms with van der Waals surface area (Å²) in [4.78, 5) is 17.5. The van der Waals surface area contributed by atoms with Crippen LogP contribution in [0.3, 0.4) is 0 Å². The standard InChI is InChI=1S/C56H39N3S/c1-3-37-21-16-34-57-52(37)36(2)42-24-14-28-48-53(42)60-54-43(25-15-29-49(54)56(48)46-26-12-10-22-44(46)45-23-11-13-27-47(45)56)38-30-32-40(33-31-38)51-35-50(39-17-6-4-7-18-39)58-55(59-51)41-19-8-5-9-20-41/h3-4,6-8,10-35H,1-2,5,9H2. The van der Waals surface area contributed by atoms with Crippen LogP contribution in [0.15, 0.2) is 205 Å². The van der Waals surface area contributed by atoms with Gasteiger partial charge in [-0.15, -0.1) is 0 Å². The molecule has 11 rings (SSSR count). The van der Waals surface area contributed by atoms with Crippen molar-refractivity contribution in [2.75, 3.05) is 0 Å². The van der Waals surface area contributed by atoms with Gasteiger partial charge in [0.05, 0.1) is 22.5 Å². The predicted molar refractivity (Wildman–Crippen MR) is 249 cm³/mol. The molecule has 6 aromatic carbocycles. The number of pyridine rings is 1. The smallest absolute Gasteiger partial charge is 0.160 e. The van der Waals surface area contributed by atoms with E-state index in [1.54, 1.807) is 0 Å². The van der Waals surface area contributed by atoms with Crippen molar-refractivity contribution >= 4 is 29.0 Å². The molecule has 4 heteroatoms. The van der Waals surface area contributed by atoms with Gasteiger partial charge in [0.15, 0.2) is 5.82 Å². The first-order valence-corrected chi connectivity index (χ1v) is 21.3. The molecule has 0 bridgehead atoms. The molecule has 0 atom stereocenters. The summed E-state index contributed by atoms with van der Waals surface area (Å²) < 4.78 is 0. The zero-order chi connectivity index (χ0) is 40.2. The molecule has 8 aromatic rings. The number of hydrogen-bond acceptors (Lipinski definition) is 4. The van der Waals surface area contributed by atoms with Gasteiger partial charge in [0, 0.05) is 43.8 Å². The van der Waals surface area contributed by atoms with Crippen LogP contribution in [-0.2, 0) is 5.41 Å². The molecule has 2 aromatic heterocycles. The first kappa shape index (κ1) is 36.0. The maximum Gasteiger partial charge on any atom is 0.160 e. The van der Waals surface area contributed by atoms with E-state index in [0.717, 1.165) is 74.7 Å². The zero-order valence-corrected chi connectivity index (χ0v) is 33.8. The summed E-state index contributed by atoms with van der Waals surface area (Å²) in [5.41, 5.74) is 18.2. The highest BCUT2D eigenvalue weighted by Crippen LogP contribution is 2.64. The molecule has 0 fully saturated rings. The van der Waals surface area contributed by atoms with Gasteiger partial charge >= 0.3 is 0 Å². The van der Waals surface area contributed by atoms with Gasteiger partial charge in [-0.1, -0.05) is 195 Å². The highest BCUT2D eigenvalue weighted by atomic mass is 32.2. The fourth-order valence-electron chi connectivity index (χ4n) is 9.46. The van der Waals surface area contributed by atoms with Crippen LogP contribution < -0.4 is 0 Å². The van der Waals surface area contributed by atoms with E-state index < -0.39 is 5.41 Å². The molecule has 2 aliphatic carbocycles. The lowest BCUT2D eigenvalue weighted by Gasteiger charge is -2.41. The molecule has 0 unspecified atom stereocenters. The highest BCUT2D eigenvalue weighted by Gasteiger charge is 2.51. The van der Waals surface area contributed by atoms with E-state index in [-0.39, 0.29) is 0 Å². The second-order valence-electron chi connectivity index (χ2n) is 15.5. The fraction of sp³-hybridized carbons (Fsp3) is 0.0536. The molecule has 60 heavy (non-hydrogen) atoms. The number of hydrogen-bond donors (Lipinski definition) is 0. The Morgan fingerprint density at radius 1 is 0.583 bits per heavy atom. The maximum atomic E-state index is 5.15. The molecule has 0 amide bonds. The van der Waals surface area contributed by atoms with Crippen molar-refractivity contribution in [2.45, 2.75) is 28.0 Å². The number of fused-ring (bicyclic) bond motifs is 9. The molecular formula is C56H39N3S. The van der Waals surface area contributed by atoms with Crippen molar-refractivity contribution in [1.29, 1.82) is 0 Å². The molecule has 0 N–H and O–H groups in total. The SMILES string of the molecule is C=Cc1cccnc1C(=C)c1cccc2c1Sc1c(-c3ccc(-c4cc(-c5ccccc5)nc(C5=CCCC=C5)n4)cc3)cccc1C21c2ccccc2-c2ccccc21. The second-order valence-corrected chi connectivity index (χ2v) is 16.5. The van der Waals surface area contributed by atoms with Crippen LogP contribution in [0.5, 0.6) is 0 Å². The van der Waals surface area contributed by atoms with E-state index in [9.17, 15) is 0 Å². The van der Waals surface area contributed by atoms with E-state index in [1.807, 2.05) is 36.2 Å². The first-order chi connectivity index (χ1) is 29.6. The largest absolute Gasteiger partial charge is 0.256 e. The molecule has 284 valence electrons. The van der Waals surface area contributed by atoms with Gasteiger partial charge in [-0.3, -0.25) is 4.98 Å². The van der Waals surface area contributed by atoms with Gasteiger partial charge in [0.2, 0.25) is 0 Å². The van der Waals surface area contributed by atoms with Gasteiger partial charge in [-0.2, -0.15) is 0 Å². The normalized spacial score (nSPS) is 14.1. The molecule has 1 aliphatic heterocycles. The van der Waals surface area contributed by atoms with Gasteiger partial charge in [-0.05, 0) is 75.0 Å². The lowest BCUT2D eigenvalue weighted by atomic mass is 9.66. The van der Waals surface area contributed by atoms with Crippen molar-refractivity contribution in [3.8, 4) is 44.8 Å². The Hall–Kier alpha value is -7.14. The van der Waals surface area contributed by atoms with Crippen LogP contribution in [0.1, 0.15) is 57.7 Å². The van der Waals surface area contributed by atoms with Crippen molar-refractivity contribution in [3.05, 3.63) is 240 Å². The Kier molecular flexibility index (Phi) is 8.75. The van der Waals surface area contributed by atoms with Gasteiger partial charge in [0.25, 0.3) is 0 Å². The Labute approximate surface area is 355 Å². The number of aromatic nitrogens is 3. The molecular weight excluding hydrogens is 747 g/mol. The van der Waals surface area contributed by atoms with E-state index in [4.69, 9.17) is 21.5 Å². The highest BCUT2D eigenvalue weighted by molar-refractivity contribution is 7.99. The number of nitrogens with zero attached hydrogens (tertiary/aromatic N) is 3. The van der Waals surface area contributed by atoms with E-state index in [0.29, 0.717) is 0 Å².